The molecule has 0 radical (unpaired) electrons. The molecular weight excluding hydrogens is 234 g/mol. The molecule has 15 heavy (non-hydrogen) atoms. The summed E-state index contributed by atoms with van der Waals surface area (Å²) in [7, 11) is 0. The number of thiazole rings is 1. The molecule has 0 aliphatic carbocycles. The summed E-state index contributed by atoms with van der Waals surface area (Å²) in [5.41, 5.74) is 2.31. The SMILES string of the molecule is Clc1nc(-n2ccnc2)nc2ncsc12. The number of nitrogens with zero attached hydrogens (tertiary/aromatic N) is 5. The molecule has 0 N–H and O–H groups in total. The van der Waals surface area contributed by atoms with Crippen molar-refractivity contribution in [1.82, 2.24) is 24.5 Å². The van der Waals surface area contributed by atoms with Gasteiger partial charge in [0.25, 0.3) is 0 Å². The van der Waals surface area contributed by atoms with Crippen molar-refractivity contribution < 1.29 is 0 Å². The van der Waals surface area contributed by atoms with Crippen molar-refractivity contribution in [2.24, 2.45) is 0 Å². The Morgan fingerprint density at radius 1 is 1.33 bits per heavy atom. The van der Waals surface area contributed by atoms with Crippen molar-refractivity contribution in [3.63, 3.8) is 0 Å². The highest BCUT2D eigenvalue weighted by Gasteiger charge is 2.08. The van der Waals surface area contributed by atoms with Gasteiger partial charge in [-0.25, -0.2) is 9.97 Å². The van der Waals surface area contributed by atoms with Gasteiger partial charge in [-0.3, -0.25) is 4.57 Å². The van der Waals surface area contributed by atoms with E-state index in [0.717, 1.165) is 4.70 Å². The van der Waals surface area contributed by atoms with E-state index in [4.69, 9.17) is 11.6 Å². The van der Waals surface area contributed by atoms with Crippen LogP contribution in [0.25, 0.3) is 16.3 Å². The fraction of sp³-hybridized carbons (Fsp3) is 0. The summed E-state index contributed by atoms with van der Waals surface area (Å²) in [6.45, 7) is 0. The first-order valence-corrected chi connectivity index (χ1v) is 5.35. The lowest BCUT2D eigenvalue weighted by Gasteiger charge is -1.99. The molecule has 0 unspecified atom stereocenters. The number of hydrogen-bond acceptors (Lipinski definition) is 5. The molecule has 3 aromatic rings. The number of halogens is 1. The molecule has 0 aliphatic heterocycles. The maximum Gasteiger partial charge on any atom is 0.238 e. The van der Waals surface area contributed by atoms with Gasteiger partial charge in [0.2, 0.25) is 5.95 Å². The first-order chi connectivity index (χ1) is 7.34. The van der Waals surface area contributed by atoms with Crippen LogP contribution < -0.4 is 0 Å². The monoisotopic (exact) mass is 237 g/mol. The maximum atomic E-state index is 6.01. The van der Waals surface area contributed by atoms with Gasteiger partial charge in [-0.05, 0) is 0 Å². The smallest absolute Gasteiger partial charge is 0.238 e. The average Bonchev–Trinajstić information content (AvgIpc) is 2.88. The second-order valence-electron chi connectivity index (χ2n) is 2.79. The minimum absolute atomic E-state index is 0.422. The van der Waals surface area contributed by atoms with Crippen LogP contribution in [-0.4, -0.2) is 24.5 Å². The predicted molar refractivity (Wildman–Crippen MR) is 57.3 cm³/mol. The van der Waals surface area contributed by atoms with Gasteiger partial charge in [-0.15, -0.1) is 11.3 Å². The summed E-state index contributed by atoms with van der Waals surface area (Å²) < 4.78 is 2.49. The van der Waals surface area contributed by atoms with Crippen LogP contribution in [0, 0.1) is 0 Å². The van der Waals surface area contributed by atoms with Gasteiger partial charge >= 0.3 is 0 Å². The zero-order valence-corrected chi connectivity index (χ0v) is 8.90. The lowest BCUT2D eigenvalue weighted by Crippen LogP contribution is -1.98. The van der Waals surface area contributed by atoms with Crippen molar-refractivity contribution >= 4 is 33.3 Å². The molecule has 3 aromatic heterocycles. The number of aromatic nitrogens is 5. The standard InChI is InChI=1S/C8H4ClN5S/c9-6-5-7(11-4-15-5)13-8(12-6)14-2-1-10-3-14/h1-4H. The van der Waals surface area contributed by atoms with Crippen LogP contribution in [0.3, 0.4) is 0 Å². The van der Waals surface area contributed by atoms with Crippen LogP contribution in [0.5, 0.6) is 0 Å². The van der Waals surface area contributed by atoms with Gasteiger partial charge in [-0.1, -0.05) is 11.6 Å². The van der Waals surface area contributed by atoms with Crippen molar-refractivity contribution in [3.8, 4) is 5.95 Å². The summed E-state index contributed by atoms with van der Waals surface area (Å²) in [6, 6.07) is 0. The van der Waals surface area contributed by atoms with Gasteiger partial charge in [0.05, 0.1) is 5.51 Å². The second-order valence-corrected chi connectivity index (χ2v) is 4.00. The van der Waals surface area contributed by atoms with Crippen LogP contribution >= 0.6 is 22.9 Å². The zero-order chi connectivity index (χ0) is 10.3. The van der Waals surface area contributed by atoms with Crippen molar-refractivity contribution in [2.75, 3.05) is 0 Å². The molecule has 3 rings (SSSR count). The molecule has 74 valence electrons. The van der Waals surface area contributed by atoms with Crippen LogP contribution in [0.2, 0.25) is 5.15 Å². The minimum atomic E-state index is 0.422. The van der Waals surface area contributed by atoms with Gasteiger partial charge in [0.15, 0.2) is 10.8 Å². The average molecular weight is 238 g/mol. The van der Waals surface area contributed by atoms with Crippen LogP contribution in [-0.2, 0) is 0 Å². The third kappa shape index (κ3) is 1.38. The quantitative estimate of drug-likeness (QED) is 0.607. The van der Waals surface area contributed by atoms with E-state index in [2.05, 4.69) is 19.9 Å². The molecule has 0 saturated carbocycles. The summed E-state index contributed by atoms with van der Waals surface area (Å²) in [5, 5.41) is 0.422. The lowest BCUT2D eigenvalue weighted by atomic mass is 10.6. The molecule has 0 bridgehead atoms. The van der Waals surface area contributed by atoms with Crippen molar-refractivity contribution in [3.05, 3.63) is 29.4 Å². The third-order valence-electron chi connectivity index (χ3n) is 1.88. The van der Waals surface area contributed by atoms with E-state index in [9.17, 15) is 0 Å². The molecule has 0 fully saturated rings. The highest BCUT2D eigenvalue weighted by atomic mass is 35.5. The van der Waals surface area contributed by atoms with Gasteiger partial charge in [0, 0.05) is 12.4 Å². The Kier molecular flexibility index (Phi) is 1.90. The van der Waals surface area contributed by atoms with E-state index in [-0.39, 0.29) is 0 Å². The van der Waals surface area contributed by atoms with Crippen molar-refractivity contribution in [2.45, 2.75) is 0 Å². The normalized spacial score (nSPS) is 11.0. The Morgan fingerprint density at radius 3 is 3.07 bits per heavy atom. The number of hydrogen-bond donors (Lipinski definition) is 0. The summed E-state index contributed by atoms with van der Waals surface area (Å²) >= 11 is 7.43. The molecule has 0 amide bonds. The highest BCUT2D eigenvalue weighted by Crippen LogP contribution is 2.24. The van der Waals surface area contributed by atoms with E-state index in [1.165, 1.54) is 11.3 Å². The van der Waals surface area contributed by atoms with E-state index < -0.39 is 0 Å². The van der Waals surface area contributed by atoms with Crippen LogP contribution in [0.4, 0.5) is 0 Å². The molecule has 3 heterocycles. The van der Waals surface area contributed by atoms with Crippen molar-refractivity contribution in [1.29, 1.82) is 0 Å². The largest absolute Gasteiger partial charge is 0.274 e. The van der Waals surface area contributed by atoms with E-state index in [0.29, 0.717) is 16.7 Å². The van der Waals surface area contributed by atoms with Gasteiger partial charge < -0.3 is 0 Å². The molecule has 5 nitrogen and oxygen atoms in total. The molecule has 0 aliphatic rings. The van der Waals surface area contributed by atoms with E-state index in [1.807, 2.05) is 0 Å². The van der Waals surface area contributed by atoms with Crippen LogP contribution in [0.15, 0.2) is 24.2 Å². The van der Waals surface area contributed by atoms with E-state index >= 15 is 0 Å². The zero-order valence-electron chi connectivity index (χ0n) is 7.33. The summed E-state index contributed by atoms with van der Waals surface area (Å²) in [6.07, 6.45) is 5.02. The Morgan fingerprint density at radius 2 is 2.27 bits per heavy atom. The molecule has 0 atom stereocenters. The highest BCUT2D eigenvalue weighted by molar-refractivity contribution is 7.17. The summed E-state index contributed by atoms with van der Waals surface area (Å²) in [5.74, 6) is 0.482. The topological polar surface area (TPSA) is 56.5 Å². The summed E-state index contributed by atoms with van der Waals surface area (Å²) in [4.78, 5) is 16.4. The molecule has 0 saturated heterocycles. The van der Waals surface area contributed by atoms with Crippen LogP contribution in [0.1, 0.15) is 0 Å². The number of fused-ring (bicyclic) bond motifs is 1. The first-order valence-electron chi connectivity index (χ1n) is 4.09. The molecule has 7 heteroatoms. The lowest BCUT2D eigenvalue weighted by molar-refractivity contribution is 0.938. The predicted octanol–water partition coefficient (Wildman–Crippen LogP) is 1.93. The minimum Gasteiger partial charge on any atom is -0.274 e. The Hall–Kier alpha value is -1.53. The first kappa shape index (κ1) is 8.75. The van der Waals surface area contributed by atoms with Gasteiger partial charge in [-0.2, -0.15) is 9.97 Å². The number of rotatable bonds is 1. The Balaban J connectivity index is 2.29. The fourth-order valence-corrected chi connectivity index (χ4v) is 2.11. The Labute approximate surface area is 93.4 Å². The maximum absolute atomic E-state index is 6.01. The second kappa shape index (κ2) is 3.25. The Bertz CT molecular complexity index is 603. The molecule has 0 aromatic carbocycles. The van der Waals surface area contributed by atoms with E-state index in [1.54, 1.807) is 28.8 Å². The third-order valence-corrected chi connectivity index (χ3v) is 3.08. The van der Waals surface area contributed by atoms with Gasteiger partial charge in [0.1, 0.15) is 11.0 Å². The fourth-order valence-electron chi connectivity index (χ4n) is 1.21. The number of imidazole rings is 1. The molecule has 0 spiro atoms. The molecular formula is C8H4ClN5S.